The van der Waals surface area contributed by atoms with Crippen molar-refractivity contribution in [3.63, 3.8) is 0 Å². The molecule has 5 atom stereocenters. The molecule has 0 aromatic heterocycles. The molecule has 24 heavy (non-hydrogen) atoms. The van der Waals surface area contributed by atoms with Gasteiger partial charge in [0.05, 0.1) is 31.0 Å². The summed E-state index contributed by atoms with van der Waals surface area (Å²) in [5.74, 6) is 0. The van der Waals surface area contributed by atoms with E-state index in [1.54, 1.807) is 0 Å². The van der Waals surface area contributed by atoms with Gasteiger partial charge in [-0.15, -0.1) is 0 Å². The molecular weight excluding hydrogens is 312 g/mol. The van der Waals surface area contributed by atoms with Gasteiger partial charge in [0, 0.05) is 0 Å². The number of hydrogen-bond donors (Lipinski definition) is 1. The van der Waals surface area contributed by atoms with Gasteiger partial charge in [-0.05, 0) is 55.4 Å². The highest BCUT2D eigenvalue weighted by molar-refractivity contribution is 4.94. The molecule has 0 aliphatic carbocycles. The second-order valence-electron chi connectivity index (χ2n) is 7.40. The fraction of sp³-hybridized carbons (Fsp3) is 1.00. The van der Waals surface area contributed by atoms with E-state index in [2.05, 4.69) is 0 Å². The van der Waals surface area contributed by atoms with Crippen LogP contribution in [0.15, 0.2) is 0 Å². The Labute approximate surface area is 146 Å². The topological polar surface area (TPSA) is 66.4 Å². The molecule has 0 spiro atoms. The maximum atomic E-state index is 10.3. The molecule has 1 heterocycles. The van der Waals surface area contributed by atoms with Crippen LogP contribution in [0.25, 0.3) is 0 Å². The quantitative estimate of drug-likeness (QED) is 0.654. The first-order chi connectivity index (χ1) is 11.1. The van der Waals surface area contributed by atoms with E-state index in [1.807, 2.05) is 55.4 Å². The lowest BCUT2D eigenvalue weighted by molar-refractivity contribution is -0.181. The van der Waals surface area contributed by atoms with Crippen molar-refractivity contribution >= 4 is 0 Å². The Morgan fingerprint density at radius 3 is 1.79 bits per heavy atom. The monoisotopic (exact) mass is 348 g/mol. The third-order valence-electron chi connectivity index (χ3n) is 3.49. The zero-order valence-corrected chi connectivity index (χ0v) is 16.4. The summed E-state index contributed by atoms with van der Waals surface area (Å²) in [6.45, 7) is 16.0. The smallest absolute Gasteiger partial charge is 0.184 e. The average Bonchev–Trinajstić information content (AvgIpc) is 2.70. The standard InChI is InChI=1S/C18H36O6/c1-10(2)20-9-14(21-11(3)4)15-16(22-12(5)6)17(18(19)24-15)23-13(7)8/h10-19H,9H2,1-8H3/t14-,15-,16+,17+,18+/m1/s1. The van der Waals surface area contributed by atoms with Crippen LogP contribution in [0.1, 0.15) is 55.4 Å². The lowest BCUT2D eigenvalue weighted by Gasteiger charge is -2.32. The average molecular weight is 348 g/mol. The van der Waals surface area contributed by atoms with Crippen molar-refractivity contribution in [2.75, 3.05) is 6.61 Å². The summed E-state index contributed by atoms with van der Waals surface area (Å²) in [5, 5.41) is 10.3. The Morgan fingerprint density at radius 2 is 1.33 bits per heavy atom. The number of hydrogen-bond acceptors (Lipinski definition) is 6. The summed E-state index contributed by atoms with van der Waals surface area (Å²) in [6.07, 6.45) is -2.76. The van der Waals surface area contributed by atoms with Gasteiger partial charge in [0.2, 0.25) is 0 Å². The Morgan fingerprint density at radius 1 is 0.792 bits per heavy atom. The zero-order valence-electron chi connectivity index (χ0n) is 16.4. The van der Waals surface area contributed by atoms with Gasteiger partial charge in [-0.3, -0.25) is 0 Å². The van der Waals surface area contributed by atoms with Crippen LogP contribution >= 0.6 is 0 Å². The van der Waals surface area contributed by atoms with Crippen molar-refractivity contribution in [2.24, 2.45) is 0 Å². The van der Waals surface area contributed by atoms with Crippen LogP contribution in [0.2, 0.25) is 0 Å². The Hall–Kier alpha value is -0.240. The highest BCUT2D eigenvalue weighted by Gasteiger charge is 2.50. The van der Waals surface area contributed by atoms with Gasteiger partial charge in [-0.25, -0.2) is 0 Å². The van der Waals surface area contributed by atoms with E-state index >= 15 is 0 Å². The summed E-state index contributed by atoms with van der Waals surface area (Å²) < 4.78 is 29.4. The minimum atomic E-state index is -1.04. The van der Waals surface area contributed by atoms with Crippen molar-refractivity contribution in [3.05, 3.63) is 0 Å². The van der Waals surface area contributed by atoms with Crippen LogP contribution in [0.4, 0.5) is 0 Å². The van der Waals surface area contributed by atoms with Gasteiger partial charge in [0.15, 0.2) is 6.29 Å². The maximum absolute atomic E-state index is 10.3. The molecule has 1 N–H and O–H groups in total. The zero-order chi connectivity index (χ0) is 18.4. The largest absolute Gasteiger partial charge is 0.376 e. The molecule has 0 saturated carbocycles. The van der Waals surface area contributed by atoms with Crippen molar-refractivity contribution < 1.29 is 28.8 Å². The van der Waals surface area contributed by atoms with Crippen LogP contribution in [-0.4, -0.2) is 66.8 Å². The lowest BCUT2D eigenvalue weighted by Crippen LogP contribution is -2.47. The minimum Gasteiger partial charge on any atom is -0.376 e. The van der Waals surface area contributed by atoms with Gasteiger partial charge in [0.1, 0.15) is 24.4 Å². The Balaban J connectivity index is 2.95. The van der Waals surface area contributed by atoms with Crippen LogP contribution in [-0.2, 0) is 23.7 Å². The molecule has 0 unspecified atom stereocenters. The van der Waals surface area contributed by atoms with Crippen molar-refractivity contribution in [3.8, 4) is 0 Å². The van der Waals surface area contributed by atoms with E-state index in [0.717, 1.165) is 0 Å². The molecule has 0 aromatic carbocycles. The van der Waals surface area contributed by atoms with Crippen molar-refractivity contribution in [1.29, 1.82) is 0 Å². The second kappa shape index (κ2) is 10.0. The number of aliphatic hydroxyl groups is 1. The first-order valence-corrected chi connectivity index (χ1v) is 9.03. The first-order valence-electron chi connectivity index (χ1n) is 9.03. The Kier molecular flexibility index (Phi) is 9.12. The molecule has 0 aromatic rings. The summed E-state index contributed by atoms with van der Waals surface area (Å²) in [6, 6.07) is 0. The molecule has 144 valence electrons. The summed E-state index contributed by atoms with van der Waals surface area (Å²) in [7, 11) is 0. The molecule has 1 saturated heterocycles. The summed E-state index contributed by atoms with van der Waals surface area (Å²) in [4.78, 5) is 0. The molecule has 1 rings (SSSR count). The molecule has 1 aliphatic rings. The molecule has 1 aliphatic heterocycles. The molecule has 6 nitrogen and oxygen atoms in total. The van der Waals surface area contributed by atoms with E-state index in [-0.39, 0.29) is 30.5 Å². The van der Waals surface area contributed by atoms with Crippen LogP contribution in [0, 0.1) is 0 Å². The van der Waals surface area contributed by atoms with E-state index < -0.39 is 24.6 Å². The number of ether oxygens (including phenoxy) is 5. The molecule has 0 radical (unpaired) electrons. The third kappa shape index (κ3) is 6.94. The summed E-state index contributed by atoms with van der Waals surface area (Å²) >= 11 is 0. The van der Waals surface area contributed by atoms with E-state index in [1.165, 1.54) is 0 Å². The van der Waals surface area contributed by atoms with Crippen molar-refractivity contribution in [1.82, 2.24) is 0 Å². The molecule has 1 fully saturated rings. The van der Waals surface area contributed by atoms with Crippen LogP contribution in [0.3, 0.4) is 0 Å². The predicted octanol–water partition coefficient (Wildman–Crippen LogP) is 2.51. The highest BCUT2D eigenvalue weighted by Crippen LogP contribution is 2.31. The van der Waals surface area contributed by atoms with Gasteiger partial charge in [-0.2, -0.15) is 0 Å². The summed E-state index contributed by atoms with van der Waals surface area (Å²) in [5.41, 5.74) is 0. The third-order valence-corrected chi connectivity index (χ3v) is 3.49. The van der Waals surface area contributed by atoms with Gasteiger partial charge in [0.25, 0.3) is 0 Å². The minimum absolute atomic E-state index is 0.0104. The molecule has 6 heteroatoms. The van der Waals surface area contributed by atoms with Gasteiger partial charge < -0.3 is 28.8 Å². The number of rotatable bonds is 10. The van der Waals surface area contributed by atoms with E-state index in [9.17, 15) is 5.11 Å². The maximum Gasteiger partial charge on any atom is 0.184 e. The first kappa shape index (κ1) is 21.8. The fourth-order valence-electron chi connectivity index (χ4n) is 2.74. The lowest BCUT2D eigenvalue weighted by atomic mass is 10.0. The highest BCUT2D eigenvalue weighted by atomic mass is 16.7. The Bertz CT molecular complexity index is 344. The van der Waals surface area contributed by atoms with Crippen LogP contribution in [0.5, 0.6) is 0 Å². The normalized spacial score (nSPS) is 29.4. The SMILES string of the molecule is CC(C)OC[C@@H](OC(C)C)[C@H]1O[C@H](O)[C@@H](OC(C)C)[C@H]1OC(C)C. The predicted molar refractivity (Wildman–Crippen MR) is 92.0 cm³/mol. The molecule has 0 amide bonds. The van der Waals surface area contributed by atoms with Gasteiger partial charge >= 0.3 is 0 Å². The van der Waals surface area contributed by atoms with E-state index in [0.29, 0.717) is 6.61 Å². The number of aliphatic hydroxyl groups excluding tert-OH is 1. The van der Waals surface area contributed by atoms with E-state index in [4.69, 9.17) is 23.7 Å². The fourth-order valence-corrected chi connectivity index (χ4v) is 2.74. The molecular formula is C18H36O6. The van der Waals surface area contributed by atoms with Crippen LogP contribution < -0.4 is 0 Å². The van der Waals surface area contributed by atoms with Crippen molar-refractivity contribution in [2.45, 2.75) is 111 Å². The second-order valence-corrected chi connectivity index (χ2v) is 7.40. The van der Waals surface area contributed by atoms with Gasteiger partial charge in [-0.1, -0.05) is 0 Å². The molecule has 0 bridgehead atoms.